The summed E-state index contributed by atoms with van der Waals surface area (Å²) in [5.41, 5.74) is 1.70. The first kappa shape index (κ1) is 9.59. The molecule has 0 aliphatic rings. The van der Waals surface area contributed by atoms with Gasteiger partial charge in [-0.05, 0) is 16.9 Å². The number of nitrogens with zero attached hydrogens (tertiary/aromatic N) is 1. The Morgan fingerprint density at radius 1 is 1.42 bits per heavy atom. The highest BCUT2D eigenvalue weighted by atomic mass is 32.1. The van der Waals surface area contributed by atoms with E-state index in [-0.39, 0.29) is 0 Å². The largest absolute Gasteiger partial charge is 0.373 e. The molecule has 0 spiro atoms. The summed E-state index contributed by atoms with van der Waals surface area (Å²) in [4.78, 5) is 2.30. The molecule has 1 rings (SSSR count). The summed E-state index contributed by atoms with van der Waals surface area (Å²) >= 11 is 1.75. The SMILES string of the molecule is CN(CC(C)(C)C)c1ccsc1. The molecule has 0 aliphatic heterocycles. The van der Waals surface area contributed by atoms with E-state index in [2.05, 4.69) is 49.5 Å². The van der Waals surface area contributed by atoms with E-state index in [9.17, 15) is 0 Å². The second kappa shape index (κ2) is 3.48. The molecule has 0 N–H and O–H groups in total. The minimum atomic E-state index is 0.372. The summed E-state index contributed by atoms with van der Waals surface area (Å²) in [6.45, 7) is 7.88. The lowest BCUT2D eigenvalue weighted by molar-refractivity contribution is 0.419. The molecule has 0 bridgehead atoms. The maximum absolute atomic E-state index is 2.30. The normalized spacial score (nSPS) is 11.7. The van der Waals surface area contributed by atoms with E-state index in [1.807, 2.05) is 0 Å². The lowest BCUT2D eigenvalue weighted by Crippen LogP contribution is -2.28. The maximum atomic E-state index is 2.30. The van der Waals surface area contributed by atoms with Crippen LogP contribution in [-0.4, -0.2) is 13.6 Å². The van der Waals surface area contributed by atoms with E-state index in [4.69, 9.17) is 0 Å². The Morgan fingerprint density at radius 3 is 2.50 bits per heavy atom. The zero-order valence-corrected chi connectivity index (χ0v) is 9.11. The van der Waals surface area contributed by atoms with E-state index in [0.717, 1.165) is 6.54 Å². The van der Waals surface area contributed by atoms with Gasteiger partial charge in [-0.2, -0.15) is 11.3 Å². The van der Waals surface area contributed by atoms with Gasteiger partial charge in [0, 0.05) is 24.7 Å². The molecule has 1 nitrogen and oxygen atoms in total. The molecule has 0 saturated heterocycles. The number of thiophene rings is 1. The topological polar surface area (TPSA) is 3.24 Å². The Morgan fingerprint density at radius 2 is 2.08 bits per heavy atom. The molecule has 0 aliphatic carbocycles. The molecule has 0 amide bonds. The third kappa shape index (κ3) is 2.86. The van der Waals surface area contributed by atoms with Gasteiger partial charge in [0.2, 0.25) is 0 Å². The van der Waals surface area contributed by atoms with Crippen molar-refractivity contribution in [3.05, 3.63) is 16.8 Å². The van der Waals surface area contributed by atoms with Gasteiger partial charge in [-0.15, -0.1) is 0 Å². The van der Waals surface area contributed by atoms with Crippen LogP contribution in [0.3, 0.4) is 0 Å². The fourth-order valence-corrected chi connectivity index (χ4v) is 1.97. The van der Waals surface area contributed by atoms with Crippen LogP contribution in [0.1, 0.15) is 20.8 Å². The third-order valence-corrected chi connectivity index (χ3v) is 2.33. The number of rotatable bonds is 2. The molecule has 0 aromatic carbocycles. The highest BCUT2D eigenvalue weighted by molar-refractivity contribution is 7.08. The van der Waals surface area contributed by atoms with E-state index in [0.29, 0.717) is 5.41 Å². The first-order chi connectivity index (χ1) is 5.49. The van der Waals surface area contributed by atoms with Gasteiger partial charge < -0.3 is 4.90 Å². The zero-order valence-electron chi connectivity index (χ0n) is 8.29. The standard InChI is InChI=1S/C10H17NS/c1-10(2,3)8-11(4)9-5-6-12-7-9/h5-7H,8H2,1-4H3. The van der Waals surface area contributed by atoms with Crippen molar-refractivity contribution in [1.82, 2.24) is 0 Å². The molecule has 0 fully saturated rings. The number of hydrogen-bond donors (Lipinski definition) is 0. The van der Waals surface area contributed by atoms with Gasteiger partial charge in [-0.1, -0.05) is 20.8 Å². The van der Waals surface area contributed by atoms with Gasteiger partial charge in [0.25, 0.3) is 0 Å². The fourth-order valence-electron chi connectivity index (χ4n) is 1.28. The molecular formula is C10H17NS. The highest BCUT2D eigenvalue weighted by Crippen LogP contribution is 2.21. The molecule has 0 atom stereocenters. The van der Waals surface area contributed by atoms with Crippen LogP contribution >= 0.6 is 11.3 Å². The van der Waals surface area contributed by atoms with Crippen LogP contribution in [0.15, 0.2) is 16.8 Å². The summed E-state index contributed by atoms with van der Waals surface area (Å²) < 4.78 is 0. The van der Waals surface area contributed by atoms with Crippen LogP contribution in [0.5, 0.6) is 0 Å². The lowest BCUT2D eigenvalue weighted by Gasteiger charge is -2.27. The quantitative estimate of drug-likeness (QED) is 0.680. The zero-order chi connectivity index (χ0) is 9.19. The second-order valence-electron chi connectivity index (χ2n) is 4.40. The van der Waals surface area contributed by atoms with Crippen LogP contribution in [0.2, 0.25) is 0 Å². The molecule has 12 heavy (non-hydrogen) atoms. The van der Waals surface area contributed by atoms with E-state index in [1.54, 1.807) is 11.3 Å². The Labute approximate surface area is 79.0 Å². The molecule has 0 saturated carbocycles. The van der Waals surface area contributed by atoms with Crippen LogP contribution in [0.25, 0.3) is 0 Å². The molecule has 68 valence electrons. The van der Waals surface area contributed by atoms with Gasteiger partial charge >= 0.3 is 0 Å². The van der Waals surface area contributed by atoms with Crippen molar-refractivity contribution in [2.45, 2.75) is 20.8 Å². The summed E-state index contributed by atoms with van der Waals surface area (Å²) in [6.07, 6.45) is 0. The molecule has 0 unspecified atom stereocenters. The first-order valence-electron chi connectivity index (χ1n) is 4.22. The number of hydrogen-bond acceptors (Lipinski definition) is 2. The van der Waals surface area contributed by atoms with Gasteiger partial charge in [0.15, 0.2) is 0 Å². The van der Waals surface area contributed by atoms with Crippen molar-refractivity contribution in [3.63, 3.8) is 0 Å². The Kier molecular flexibility index (Phi) is 2.78. The van der Waals surface area contributed by atoms with Crippen LogP contribution in [-0.2, 0) is 0 Å². The lowest BCUT2D eigenvalue weighted by atomic mass is 9.96. The Balaban J connectivity index is 2.56. The summed E-state index contributed by atoms with van der Waals surface area (Å²) in [5, 5.41) is 4.31. The van der Waals surface area contributed by atoms with E-state index < -0.39 is 0 Å². The van der Waals surface area contributed by atoms with E-state index in [1.165, 1.54) is 5.69 Å². The second-order valence-corrected chi connectivity index (χ2v) is 5.18. The number of anilines is 1. The molecule has 1 heterocycles. The monoisotopic (exact) mass is 183 g/mol. The minimum Gasteiger partial charge on any atom is -0.373 e. The van der Waals surface area contributed by atoms with Crippen LogP contribution in [0, 0.1) is 5.41 Å². The van der Waals surface area contributed by atoms with Crippen molar-refractivity contribution >= 4 is 17.0 Å². The molecule has 0 radical (unpaired) electrons. The minimum absolute atomic E-state index is 0.372. The van der Waals surface area contributed by atoms with Crippen LogP contribution < -0.4 is 4.90 Å². The van der Waals surface area contributed by atoms with Crippen LogP contribution in [0.4, 0.5) is 5.69 Å². The third-order valence-electron chi connectivity index (χ3n) is 1.66. The van der Waals surface area contributed by atoms with E-state index >= 15 is 0 Å². The predicted octanol–water partition coefficient (Wildman–Crippen LogP) is 3.23. The predicted molar refractivity (Wildman–Crippen MR) is 57.0 cm³/mol. The van der Waals surface area contributed by atoms with Crippen molar-refractivity contribution in [2.24, 2.45) is 5.41 Å². The van der Waals surface area contributed by atoms with Gasteiger partial charge in [0.05, 0.1) is 0 Å². The fraction of sp³-hybridized carbons (Fsp3) is 0.600. The van der Waals surface area contributed by atoms with Crippen molar-refractivity contribution < 1.29 is 0 Å². The van der Waals surface area contributed by atoms with Gasteiger partial charge in [-0.3, -0.25) is 0 Å². The van der Waals surface area contributed by atoms with Gasteiger partial charge in [0.1, 0.15) is 0 Å². The maximum Gasteiger partial charge on any atom is 0.0472 e. The summed E-state index contributed by atoms with van der Waals surface area (Å²) in [7, 11) is 2.15. The molecule has 2 heteroatoms. The average Bonchev–Trinajstić information content (AvgIpc) is 2.32. The summed E-state index contributed by atoms with van der Waals surface area (Å²) in [5.74, 6) is 0. The first-order valence-corrected chi connectivity index (χ1v) is 5.17. The average molecular weight is 183 g/mol. The van der Waals surface area contributed by atoms with Crippen molar-refractivity contribution in [2.75, 3.05) is 18.5 Å². The smallest absolute Gasteiger partial charge is 0.0472 e. The molecule has 1 aromatic rings. The van der Waals surface area contributed by atoms with Crippen molar-refractivity contribution in [1.29, 1.82) is 0 Å². The Hall–Kier alpha value is -0.500. The molecular weight excluding hydrogens is 166 g/mol. The molecule has 1 aromatic heterocycles. The Bertz CT molecular complexity index is 220. The van der Waals surface area contributed by atoms with Gasteiger partial charge in [-0.25, -0.2) is 0 Å². The summed E-state index contributed by atoms with van der Waals surface area (Å²) in [6, 6.07) is 2.16. The highest BCUT2D eigenvalue weighted by Gasteiger charge is 2.13. The van der Waals surface area contributed by atoms with Crippen molar-refractivity contribution in [3.8, 4) is 0 Å².